The van der Waals surface area contributed by atoms with Gasteiger partial charge in [0, 0.05) is 18.5 Å². The van der Waals surface area contributed by atoms with Crippen LogP contribution in [-0.4, -0.2) is 37.6 Å². The molecule has 0 saturated carbocycles. The monoisotopic (exact) mass is 379 g/mol. The summed E-state index contributed by atoms with van der Waals surface area (Å²) in [5.41, 5.74) is 1.79. The van der Waals surface area contributed by atoms with Crippen LogP contribution in [0, 0.1) is 5.92 Å². The van der Waals surface area contributed by atoms with Crippen LogP contribution < -0.4 is 4.74 Å². The quantitative estimate of drug-likeness (QED) is 0.632. The van der Waals surface area contributed by atoms with Gasteiger partial charge in [0.1, 0.15) is 0 Å². The normalized spacial score (nSPS) is 17.0. The van der Waals surface area contributed by atoms with Crippen LogP contribution >= 0.6 is 0 Å². The second-order valence-corrected chi connectivity index (χ2v) is 7.25. The van der Waals surface area contributed by atoms with Crippen molar-refractivity contribution in [3.05, 3.63) is 65.9 Å². The summed E-state index contributed by atoms with van der Waals surface area (Å²) in [5, 5.41) is 0.877. The highest BCUT2D eigenvalue weighted by Gasteiger charge is 2.27. The van der Waals surface area contributed by atoms with Gasteiger partial charge in [0.05, 0.1) is 20.3 Å². The van der Waals surface area contributed by atoms with Gasteiger partial charge in [-0.15, -0.1) is 0 Å². The predicted molar refractivity (Wildman–Crippen MR) is 107 cm³/mol. The van der Waals surface area contributed by atoms with Crippen LogP contribution in [0.2, 0.25) is 0 Å². The minimum absolute atomic E-state index is 0.0639. The molecule has 4 rings (SSSR count). The number of carbonyl (C=O) groups is 1. The van der Waals surface area contributed by atoms with Gasteiger partial charge in [0.2, 0.25) is 0 Å². The van der Waals surface area contributed by atoms with Gasteiger partial charge in [-0.2, -0.15) is 0 Å². The maximum atomic E-state index is 13.0. The molecule has 1 amide bonds. The fourth-order valence-corrected chi connectivity index (χ4v) is 3.76. The summed E-state index contributed by atoms with van der Waals surface area (Å²) in [5.74, 6) is 1.29. The second-order valence-electron chi connectivity index (χ2n) is 7.25. The summed E-state index contributed by atoms with van der Waals surface area (Å²) in [6.45, 7) is 2.71. The molecule has 5 heteroatoms. The molecule has 1 aromatic heterocycles. The van der Waals surface area contributed by atoms with Gasteiger partial charge < -0.3 is 18.8 Å². The third kappa shape index (κ3) is 4.04. The first kappa shape index (κ1) is 18.6. The van der Waals surface area contributed by atoms with Gasteiger partial charge in [-0.3, -0.25) is 4.79 Å². The highest BCUT2D eigenvalue weighted by molar-refractivity contribution is 5.97. The average molecular weight is 379 g/mol. The number of para-hydroxylation sites is 1. The Kier molecular flexibility index (Phi) is 5.63. The van der Waals surface area contributed by atoms with Crippen molar-refractivity contribution >= 4 is 16.9 Å². The first-order chi connectivity index (χ1) is 13.7. The van der Waals surface area contributed by atoms with Crippen molar-refractivity contribution in [3.63, 3.8) is 0 Å². The number of hydrogen-bond acceptors (Lipinski definition) is 4. The van der Waals surface area contributed by atoms with Crippen molar-refractivity contribution < 1.29 is 18.7 Å². The Morgan fingerprint density at radius 1 is 1.18 bits per heavy atom. The van der Waals surface area contributed by atoms with E-state index in [1.807, 2.05) is 41.3 Å². The molecule has 28 heavy (non-hydrogen) atoms. The Labute approximate surface area is 164 Å². The zero-order valence-corrected chi connectivity index (χ0v) is 16.1. The van der Waals surface area contributed by atoms with Crippen LogP contribution in [0.3, 0.4) is 0 Å². The minimum atomic E-state index is -0.0639. The molecule has 0 aliphatic carbocycles. The van der Waals surface area contributed by atoms with Crippen LogP contribution in [0.5, 0.6) is 5.75 Å². The van der Waals surface area contributed by atoms with Crippen molar-refractivity contribution in [2.75, 3.05) is 26.8 Å². The summed E-state index contributed by atoms with van der Waals surface area (Å²) in [4.78, 5) is 14.8. The van der Waals surface area contributed by atoms with Gasteiger partial charge in [-0.05, 0) is 36.5 Å². The molecule has 0 radical (unpaired) electrons. The summed E-state index contributed by atoms with van der Waals surface area (Å²) < 4.78 is 17.1. The molecule has 1 aliphatic rings. The summed E-state index contributed by atoms with van der Waals surface area (Å²) in [6, 6.07) is 17.6. The van der Waals surface area contributed by atoms with E-state index in [1.165, 1.54) is 5.56 Å². The lowest BCUT2D eigenvalue weighted by atomic mass is 9.98. The fraction of sp³-hybridized carbons (Fsp3) is 0.348. The minimum Gasteiger partial charge on any atom is -0.493 e. The fourth-order valence-electron chi connectivity index (χ4n) is 3.76. The molecule has 2 heterocycles. The number of methoxy groups -OCH3 is 1. The van der Waals surface area contributed by atoms with Gasteiger partial charge >= 0.3 is 0 Å². The molecule has 1 aliphatic heterocycles. The molecule has 1 saturated heterocycles. The van der Waals surface area contributed by atoms with Crippen molar-refractivity contribution in [1.82, 2.24) is 4.90 Å². The molecule has 0 N–H and O–H groups in total. The number of furan rings is 1. The van der Waals surface area contributed by atoms with Crippen molar-refractivity contribution in [2.45, 2.75) is 19.4 Å². The Balaban J connectivity index is 1.38. The largest absolute Gasteiger partial charge is 0.493 e. The van der Waals surface area contributed by atoms with Gasteiger partial charge in [-0.1, -0.05) is 42.5 Å². The molecule has 3 aromatic rings. The van der Waals surface area contributed by atoms with Crippen LogP contribution in [0.4, 0.5) is 0 Å². The van der Waals surface area contributed by atoms with Crippen LogP contribution in [0.15, 0.2) is 59.0 Å². The van der Waals surface area contributed by atoms with Gasteiger partial charge in [0.25, 0.3) is 5.91 Å². The summed E-state index contributed by atoms with van der Waals surface area (Å²) in [7, 11) is 1.60. The lowest BCUT2D eigenvalue weighted by Gasteiger charge is -2.32. The first-order valence-corrected chi connectivity index (χ1v) is 9.72. The summed E-state index contributed by atoms with van der Waals surface area (Å²) in [6.07, 6.45) is 2.06. The molecule has 1 unspecified atom stereocenters. The Morgan fingerprint density at radius 3 is 2.86 bits per heavy atom. The number of piperidine rings is 1. The number of amides is 1. The maximum Gasteiger partial charge on any atom is 0.289 e. The zero-order valence-electron chi connectivity index (χ0n) is 16.1. The van der Waals surface area contributed by atoms with Crippen LogP contribution in [0.25, 0.3) is 11.0 Å². The maximum absolute atomic E-state index is 13.0. The van der Waals surface area contributed by atoms with E-state index in [-0.39, 0.29) is 5.91 Å². The second kappa shape index (κ2) is 8.48. The molecule has 1 fully saturated rings. The van der Waals surface area contributed by atoms with E-state index < -0.39 is 0 Å². The third-order valence-corrected chi connectivity index (χ3v) is 5.21. The lowest BCUT2D eigenvalue weighted by Crippen LogP contribution is -2.41. The predicted octanol–water partition coefficient (Wildman–Crippen LogP) is 4.51. The molecule has 0 spiro atoms. The van der Waals surface area contributed by atoms with E-state index in [2.05, 4.69) is 12.1 Å². The smallest absolute Gasteiger partial charge is 0.289 e. The van der Waals surface area contributed by atoms with Gasteiger partial charge in [-0.25, -0.2) is 0 Å². The molecule has 2 aromatic carbocycles. The topological polar surface area (TPSA) is 51.9 Å². The summed E-state index contributed by atoms with van der Waals surface area (Å²) >= 11 is 0. The Bertz CT molecular complexity index is 934. The number of likely N-dealkylation sites (tertiary alicyclic amines) is 1. The molecule has 0 bridgehead atoms. The van der Waals surface area contributed by atoms with Crippen LogP contribution in [0.1, 0.15) is 29.0 Å². The van der Waals surface area contributed by atoms with Crippen molar-refractivity contribution in [2.24, 2.45) is 5.92 Å². The number of ether oxygens (including phenoxy) is 2. The van der Waals surface area contributed by atoms with E-state index in [9.17, 15) is 4.79 Å². The number of rotatable bonds is 6. The van der Waals surface area contributed by atoms with E-state index in [1.54, 1.807) is 13.2 Å². The van der Waals surface area contributed by atoms with E-state index in [4.69, 9.17) is 13.9 Å². The molecule has 146 valence electrons. The highest BCUT2D eigenvalue weighted by atomic mass is 16.5. The Morgan fingerprint density at radius 2 is 2.04 bits per heavy atom. The lowest BCUT2D eigenvalue weighted by molar-refractivity contribution is 0.0409. The van der Waals surface area contributed by atoms with Gasteiger partial charge in [0.15, 0.2) is 17.1 Å². The van der Waals surface area contributed by atoms with Crippen molar-refractivity contribution in [1.29, 1.82) is 0 Å². The molecule has 1 atom stereocenters. The van der Waals surface area contributed by atoms with E-state index in [0.29, 0.717) is 42.8 Å². The standard InChI is InChI=1S/C23H25NO4/c1-26-20-11-5-10-19-13-21(28-22(19)20)23(25)24-12-6-9-18(14-24)16-27-15-17-7-3-2-4-8-17/h2-5,7-8,10-11,13,18H,6,9,12,14-16H2,1H3. The number of fused-ring (bicyclic) bond motifs is 1. The van der Waals surface area contributed by atoms with E-state index in [0.717, 1.165) is 24.8 Å². The first-order valence-electron chi connectivity index (χ1n) is 9.72. The highest BCUT2D eigenvalue weighted by Crippen LogP contribution is 2.29. The number of carbonyl (C=O) groups excluding carboxylic acids is 1. The molecular weight excluding hydrogens is 354 g/mol. The molecule has 5 nitrogen and oxygen atoms in total. The van der Waals surface area contributed by atoms with Crippen LogP contribution in [-0.2, 0) is 11.3 Å². The zero-order chi connectivity index (χ0) is 19.3. The number of benzene rings is 2. The van der Waals surface area contributed by atoms with Crippen molar-refractivity contribution in [3.8, 4) is 5.75 Å². The SMILES string of the molecule is COc1cccc2cc(C(=O)N3CCCC(COCc4ccccc4)C3)oc12. The third-order valence-electron chi connectivity index (χ3n) is 5.21. The molecular formula is C23H25NO4. The number of nitrogens with zero attached hydrogens (tertiary/aromatic N) is 1. The average Bonchev–Trinajstić information content (AvgIpc) is 3.18. The number of hydrogen-bond donors (Lipinski definition) is 0. The van der Waals surface area contributed by atoms with E-state index >= 15 is 0 Å². The Hall–Kier alpha value is -2.79.